The second-order valence-corrected chi connectivity index (χ2v) is 5.22. The van der Waals surface area contributed by atoms with Crippen LogP contribution in [0.3, 0.4) is 0 Å². The Labute approximate surface area is 121 Å². The zero-order chi connectivity index (χ0) is 13.7. The van der Waals surface area contributed by atoms with Gasteiger partial charge in [-0.25, -0.2) is 0 Å². The highest BCUT2D eigenvalue weighted by atomic mass is 79.9. The maximum Gasteiger partial charge on any atom is 0.167 e. The van der Waals surface area contributed by atoms with Crippen molar-refractivity contribution in [2.24, 2.45) is 5.73 Å². The van der Waals surface area contributed by atoms with Crippen molar-refractivity contribution in [2.75, 3.05) is 6.54 Å². The minimum atomic E-state index is 0.101. The van der Waals surface area contributed by atoms with Crippen molar-refractivity contribution in [3.05, 3.63) is 63.9 Å². The summed E-state index contributed by atoms with van der Waals surface area (Å²) in [5, 5.41) is 0. The molecule has 0 bridgehead atoms. The van der Waals surface area contributed by atoms with E-state index in [9.17, 15) is 4.79 Å². The van der Waals surface area contributed by atoms with Gasteiger partial charge in [-0.05, 0) is 46.1 Å². The number of carbonyl (C=O) groups is 1. The molecule has 0 saturated heterocycles. The van der Waals surface area contributed by atoms with Crippen molar-refractivity contribution >= 4 is 21.7 Å². The van der Waals surface area contributed by atoms with Gasteiger partial charge in [0.1, 0.15) is 0 Å². The van der Waals surface area contributed by atoms with E-state index in [4.69, 9.17) is 5.73 Å². The predicted molar refractivity (Wildman–Crippen MR) is 79.2 cm³/mol. The molecule has 0 aliphatic carbocycles. The molecule has 0 radical (unpaired) electrons. The van der Waals surface area contributed by atoms with Crippen LogP contribution in [0.2, 0.25) is 0 Å². The Morgan fingerprint density at radius 3 is 2.79 bits per heavy atom. The minimum Gasteiger partial charge on any atom is -0.330 e. The van der Waals surface area contributed by atoms with Crippen LogP contribution in [-0.4, -0.2) is 17.3 Å². The normalized spacial score (nSPS) is 10.4. The Morgan fingerprint density at radius 1 is 1.26 bits per heavy atom. The number of benzene rings is 1. The van der Waals surface area contributed by atoms with Gasteiger partial charge < -0.3 is 5.73 Å². The molecule has 0 aliphatic heterocycles. The molecule has 19 heavy (non-hydrogen) atoms. The van der Waals surface area contributed by atoms with Crippen molar-refractivity contribution < 1.29 is 4.79 Å². The summed E-state index contributed by atoms with van der Waals surface area (Å²) < 4.78 is 0.882. The lowest BCUT2D eigenvalue weighted by atomic mass is 9.97. The van der Waals surface area contributed by atoms with E-state index in [1.54, 1.807) is 12.4 Å². The maximum atomic E-state index is 12.3. The van der Waals surface area contributed by atoms with E-state index in [2.05, 4.69) is 20.9 Å². The third-order valence-corrected chi connectivity index (χ3v) is 3.29. The first kappa shape index (κ1) is 13.9. The summed E-state index contributed by atoms with van der Waals surface area (Å²) in [6.07, 6.45) is 4.50. The summed E-state index contributed by atoms with van der Waals surface area (Å²) in [5.74, 6) is 0.101. The minimum absolute atomic E-state index is 0.101. The van der Waals surface area contributed by atoms with Crippen LogP contribution in [0.4, 0.5) is 0 Å². The van der Waals surface area contributed by atoms with Crippen molar-refractivity contribution in [3.63, 3.8) is 0 Å². The van der Waals surface area contributed by atoms with Crippen LogP contribution in [0.15, 0.2) is 47.2 Å². The molecule has 0 atom stereocenters. The molecule has 1 aromatic heterocycles. The summed E-state index contributed by atoms with van der Waals surface area (Å²) in [7, 11) is 0. The molecule has 98 valence electrons. The second-order valence-electron chi connectivity index (χ2n) is 4.31. The lowest BCUT2D eigenvalue weighted by Gasteiger charge is -2.07. The summed E-state index contributed by atoms with van der Waals surface area (Å²) in [6, 6.07) is 9.54. The number of hydrogen-bond donors (Lipinski definition) is 1. The van der Waals surface area contributed by atoms with Crippen LogP contribution in [-0.2, 0) is 12.8 Å². The van der Waals surface area contributed by atoms with Gasteiger partial charge in [-0.3, -0.25) is 9.78 Å². The Kier molecular flexibility index (Phi) is 4.82. The molecule has 1 aromatic carbocycles. The van der Waals surface area contributed by atoms with Gasteiger partial charge in [-0.15, -0.1) is 0 Å². The molecule has 0 fully saturated rings. The third kappa shape index (κ3) is 3.72. The van der Waals surface area contributed by atoms with E-state index in [1.165, 1.54) is 0 Å². The van der Waals surface area contributed by atoms with Gasteiger partial charge in [0.25, 0.3) is 0 Å². The van der Waals surface area contributed by atoms with E-state index in [1.807, 2.05) is 30.3 Å². The quantitative estimate of drug-likeness (QED) is 0.862. The molecular formula is C15H15BrN2O. The lowest BCUT2D eigenvalue weighted by molar-refractivity contribution is 0.0992. The van der Waals surface area contributed by atoms with E-state index in [0.717, 1.165) is 27.6 Å². The van der Waals surface area contributed by atoms with Gasteiger partial charge in [-0.1, -0.05) is 24.3 Å². The van der Waals surface area contributed by atoms with E-state index in [-0.39, 0.29) is 5.78 Å². The van der Waals surface area contributed by atoms with Crippen LogP contribution in [0.5, 0.6) is 0 Å². The topological polar surface area (TPSA) is 56.0 Å². The number of nitrogens with two attached hydrogens (primary N) is 1. The number of carbonyl (C=O) groups excluding carboxylic acids is 1. The van der Waals surface area contributed by atoms with Gasteiger partial charge in [-0.2, -0.15) is 0 Å². The van der Waals surface area contributed by atoms with Crippen LogP contribution in [0.25, 0.3) is 0 Å². The first-order valence-electron chi connectivity index (χ1n) is 6.11. The van der Waals surface area contributed by atoms with Gasteiger partial charge in [0.05, 0.1) is 0 Å². The Balaban J connectivity index is 2.20. The average molecular weight is 319 g/mol. The molecular weight excluding hydrogens is 304 g/mol. The smallest absolute Gasteiger partial charge is 0.167 e. The summed E-state index contributed by atoms with van der Waals surface area (Å²) in [5.41, 5.74) is 8.25. The number of ketones is 1. The van der Waals surface area contributed by atoms with Crippen LogP contribution in [0, 0.1) is 0 Å². The highest BCUT2D eigenvalue weighted by molar-refractivity contribution is 9.10. The van der Waals surface area contributed by atoms with Crippen molar-refractivity contribution in [1.29, 1.82) is 0 Å². The summed E-state index contributed by atoms with van der Waals surface area (Å²) in [4.78, 5) is 16.4. The van der Waals surface area contributed by atoms with Gasteiger partial charge >= 0.3 is 0 Å². The van der Waals surface area contributed by atoms with Crippen LogP contribution in [0.1, 0.15) is 21.5 Å². The highest BCUT2D eigenvalue weighted by Crippen LogP contribution is 2.15. The number of nitrogens with zero attached hydrogens (tertiary/aromatic N) is 1. The SMILES string of the molecule is NCCc1ccccc1C(=O)Cc1cncc(Br)c1. The Bertz CT molecular complexity index is 584. The van der Waals surface area contributed by atoms with Gasteiger partial charge in [0.2, 0.25) is 0 Å². The van der Waals surface area contributed by atoms with Crippen molar-refractivity contribution in [1.82, 2.24) is 4.98 Å². The van der Waals surface area contributed by atoms with Crippen molar-refractivity contribution in [3.8, 4) is 0 Å². The lowest BCUT2D eigenvalue weighted by Crippen LogP contribution is -2.11. The van der Waals surface area contributed by atoms with E-state index >= 15 is 0 Å². The molecule has 0 aliphatic rings. The fraction of sp³-hybridized carbons (Fsp3) is 0.200. The number of aromatic nitrogens is 1. The predicted octanol–water partition coefficient (Wildman–Crippen LogP) is 2.77. The molecule has 2 rings (SSSR count). The summed E-state index contributed by atoms with van der Waals surface area (Å²) >= 11 is 3.36. The van der Waals surface area contributed by atoms with Gasteiger partial charge in [0, 0.05) is 28.9 Å². The third-order valence-electron chi connectivity index (χ3n) is 2.86. The standard InChI is InChI=1S/C15H15BrN2O/c16-13-7-11(9-18-10-13)8-15(19)14-4-2-1-3-12(14)5-6-17/h1-4,7,9-10H,5-6,8,17H2. The fourth-order valence-electron chi connectivity index (χ4n) is 2.00. The highest BCUT2D eigenvalue weighted by Gasteiger charge is 2.11. The monoisotopic (exact) mass is 318 g/mol. The van der Waals surface area contributed by atoms with Gasteiger partial charge in [0.15, 0.2) is 5.78 Å². The van der Waals surface area contributed by atoms with E-state index in [0.29, 0.717) is 13.0 Å². The first-order chi connectivity index (χ1) is 9.20. The Morgan fingerprint density at radius 2 is 2.05 bits per heavy atom. The number of pyridine rings is 1. The number of Topliss-reactive ketones (excluding diaryl/α,β-unsaturated/α-hetero) is 1. The molecule has 2 aromatic rings. The zero-order valence-electron chi connectivity index (χ0n) is 10.5. The number of rotatable bonds is 5. The van der Waals surface area contributed by atoms with Crippen LogP contribution >= 0.6 is 15.9 Å². The zero-order valence-corrected chi connectivity index (χ0v) is 12.1. The average Bonchev–Trinajstić information content (AvgIpc) is 2.39. The number of hydrogen-bond acceptors (Lipinski definition) is 3. The molecule has 1 heterocycles. The molecule has 0 amide bonds. The molecule has 2 N–H and O–H groups in total. The largest absolute Gasteiger partial charge is 0.330 e. The first-order valence-corrected chi connectivity index (χ1v) is 6.90. The second kappa shape index (κ2) is 6.59. The number of halogens is 1. The molecule has 0 saturated carbocycles. The molecule has 3 nitrogen and oxygen atoms in total. The van der Waals surface area contributed by atoms with E-state index < -0.39 is 0 Å². The maximum absolute atomic E-state index is 12.3. The Hall–Kier alpha value is -1.52. The van der Waals surface area contributed by atoms with Crippen molar-refractivity contribution in [2.45, 2.75) is 12.8 Å². The molecule has 0 spiro atoms. The molecule has 4 heteroatoms. The fourth-order valence-corrected chi connectivity index (χ4v) is 2.41. The van der Waals surface area contributed by atoms with Crippen LogP contribution < -0.4 is 5.73 Å². The summed E-state index contributed by atoms with van der Waals surface area (Å²) in [6.45, 7) is 0.544. The molecule has 0 unspecified atom stereocenters.